The highest BCUT2D eigenvalue weighted by atomic mass is 79.9. The van der Waals surface area contributed by atoms with Crippen LogP contribution in [0.4, 0.5) is 0 Å². The highest BCUT2D eigenvalue weighted by Gasteiger charge is 2.21. The zero-order chi connectivity index (χ0) is 15.6. The van der Waals surface area contributed by atoms with Crippen molar-refractivity contribution in [2.24, 2.45) is 5.73 Å². The van der Waals surface area contributed by atoms with E-state index in [2.05, 4.69) is 42.0 Å². The van der Waals surface area contributed by atoms with Gasteiger partial charge in [-0.3, -0.25) is 0 Å². The molecule has 0 aliphatic heterocycles. The van der Waals surface area contributed by atoms with E-state index < -0.39 is 5.54 Å². The van der Waals surface area contributed by atoms with Crippen molar-refractivity contribution in [1.29, 1.82) is 0 Å². The summed E-state index contributed by atoms with van der Waals surface area (Å²) in [4.78, 5) is 4.20. The minimum atomic E-state index is -0.647. The zero-order valence-electron chi connectivity index (χ0n) is 11.8. The molecule has 0 amide bonds. The average molecular weight is 421 g/mol. The standard InChI is InChI=1S/C13H15Br2N3O3/c1-13(2,16)12-17-11(21-18-12)6-20-10-5-7(14)9(19-3)4-8(10)15/h4-5H,6,16H2,1-3H3. The molecule has 0 aliphatic rings. The zero-order valence-corrected chi connectivity index (χ0v) is 15.0. The fraction of sp³-hybridized carbons (Fsp3) is 0.385. The van der Waals surface area contributed by atoms with E-state index in [1.807, 2.05) is 6.07 Å². The SMILES string of the molecule is COc1cc(Br)c(OCc2nc(C(C)(C)N)no2)cc1Br. The van der Waals surface area contributed by atoms with Crippen LogP contribution in [0, 0.1) is 0 Å². The predicted molar refractivity (Wildman–Crippen MR) is 84.2 cm³/mol. The lowest BCUT2D eigenvalue weighted by atomic mass is 10.1. The number of benzene rings is 1. The summed E-state index contributed by atoms with van der Waals surface area (Å²) in [5.41, 5.74) is 5.25. The number of methoxy groups -OCH3 is 1. The lowest BCUT2D eigenvalue weighted by molar-refractivity contribution is 0.240. The number of hydrogen-bond donors (Lipinski definition) is 1. The molecule has 0 bridgehead atoms. The normalized spacial score (nSPS) is 11.5. The number of halogens is 2. The van der Waals surface area contributed by atoms with E-state index in [0.717, 1.165) is 8.95 Å². The second-order valence-corrected chi connectivity index (χ2v) is 6.65. The summed E-state index contributed by atoms with van der Waals surface area (Å²) in [5.74, 6) is 2.15. The Labute approximate surface area is 139 Å². The first-order valence-corrected chi connectivity index (χ1v) is 7.67. The third-order valence-corrected chi connectivity index (χ3v) is 3.84. The molecular formula is C13H15Br2N3O3. The fourth-order valence-corrected chi connectivity index (χ4v) is 2.41. The molecule has 21 heavy (non-hydrogen) atoms. The molecule has 1 heterocycles. The van der Waals surface area contributed by atoms with Crippen LogP contribution in [0.5, 0.6) is 11.5 Å². The third-order valence-electron chi connectivity index (χ3n) is 2.60. The van der Waals surface area contributed by atoms with Crippen LogP contribution >= 0.6 is 31.9 Å². The van der Waals surface area contributed by atoms with Gasteiger partial charge in [0.05, 0.1) is 21.6 Å². The molecule has 2 rings (SSSR count). The van der Waals surface area contributed by atoms with Crippen LogP contribution in [-0.4, -0.2) is 17.3 Å². The summed E-state index contributed by atoms with van der Waals surface area (Å²) in [6, 6.07) is 3.61. The summed E-state index contributed by atoms with van der Waals surface area (Å²) in [5, 5.41) is 3.84. The van der Waals surface area contributed by atoms with E-state index in [-0.39, 0.29) is 6.61 Å². The number of rotatable bonds is 5. The lowest BCUT2D eigenvalue weighted by Crippen LogP contribution is -2.30. The molecule has 114 valence electrons. The quantitative estimate of drug-likeness (QED) is 0.798. The Morgan fingerprint density at radius 2 is 1.86 bits per heavy atom. The van der Waals surface area contributed by atoms with Crippen LogP contribution in [0.2, 0.25) is 0 Å². The summed E-state index contributed by atoms with van der Waals surface area (Å²) in [7, 11) is 1.60. The molecule has 0 saturated carbocycles. The second-order valence-electron chi connectivity index (χ2n) is 4.94. The molecule has 0 saturated heterocycles. The maximum atomic E-state index is 5.90. The third kappa shape index (κ3) is 3.96. The van der Waals surface area contributed by atoms with Crippen molar-refractivity contribution in [1.82, 2.24) is 10.1 Å². The van der Waals surface area contributed by atoms with Crippen molar-refractivity contribution in [3.8, 4) is 11.5 Å². The number of aromatic nitrogens is 2. The van der Waals surface area contributed by atoms with Crippen LogP contribution in [0.25, 0.3) is 0 Å². The molecule has 0 unspecified atom stereocenters. The van der Waals surface area contributed by atoms with Crippen molar-refractivity contribution in [2.45, 2.75) is 26.0 Å². The molecule has 0 fully saturated rings. The molecule has 1 aromatic carbocycles. The van der Waals surface area contributed by atoms with Crippen molar-refractivity contribution in [3.05, 3.63) is 32.8 Å². The van der Waals surface area contributed by atoms with E-state index >= 15 is 0 Å². The lowest BCUT2D eigenvalue weighted by Gasteiger charge is -2.11. The summed E-state index contributed by atoms with van der Waals surface area (Å²) >= 11 is 6.82. The Bertz CT molecular complexity index is 638. The molecule has 0 aliphatic carbocycles. The highest BCUT2D eigenvalue weighted by molar-refractivity contribution is 9.11. The Morgan fingerprint density at radius 1 is 1.24 bits per heavy atom. The van der Waals surface area contributed by atoms with Gasteiger partial charge in [-0.25, -0.2) is 0 Å². The Kier molecular flexibility index (Phi) is 4.90. The fourth-order valence-electron chi connectivity index (χ4n) is 1.49. The number of nitrogens with two attached hydrogens (primary N) is 1. The molecule has 8 heteroatoms. The monoisotopic (exact) mass is 419 g/mol. The first-order valence-electron chi connectivity index (χ1n) is 6.09. The number of ether oxygens (including phenoxy) is 2. The first-order chi connectivity index (χ1) is 9.81. The number of hydrogen-bond acceptors (Lipinski definition) is 6. The van der Waals surface area contributed by atoms with Crippen LogP contribution in [-0.2, 0) is 12.1 Å². The van der Waals surface area contributed by atoms with Gasteiger partial charge in [-0.1, -0.05) is 5.16 Å². The first kappa shape index (κ1) is 16.3. The molecular weight excluding hydrogens is 406 g/mol. The van der Waals surface area contributed by atoms with Crippen LogP contribution in [0.1, 0.15) is 25.6 Å². The number of nitrogens with zero attached hydrogens (tertiary/aromatic N) is 2. The summed E-state index contributed by atoms with van der Waals surface area (Å²) in [6.07, 6.45) is 0. The predicted octanol–water partition coefficient (Wildman–Crippen LogP) is 3.38. The molecule has 0 radical (unpaired) electrons. The molecule has 0 atom stereocenters. The van der Waals surface area contributed by atoms with E-state index in [9.17, 15) is 0 Å². The topological polar surface area (TPSA) is 83.4 Å². The van der Waals surface area contributed by atoms with Gasteiger partial charge in [0.15, 0.2) is 12.4 Å². The Morgan fingerprint density at radius 3 is 2.43 bits per heavy atom. The Hall–Kier alpha value is -1.12. The van der Waals surface area contributed by atoms with Gasteiger partial charge >= 0.3 is 0 Å². The van der Waals surface area contributed by atoms with Gasteiger partial charge in [-0.15, -0.1) is 0 Å². The van der Waals surface area contributed by atoms with Gasteiger partial charge in [-0.2, -0.15) is 4.98 Å². The minimum absolute atomic E-state index is 0.153. The van der Waals surface area contributed by atoms with Gasteiger partial charge in [0.25, 0.3) is 5.89 Å². The van der Waals surface area contributed by atoms with E-state index in [1.165, 1.54) is 0 Å². The van der Waals surface area contributed by atoms with Gasteiger partial charge in [0.1, 0.15) is 11.5 Å². The van der Waals surface area contributed by atoms with Gasteiger partial charge in [0.2, 0.25) is 0 Å². The maximum absolute atomic E-state index is 5.90. The van der Waals surface area contributed by atoms with Crippen molar-refractivity contribution >= 4 is 31.9 Å². The van der Waals surface area contributed by atoms with Gasteiger partial charge < -0.3 is 19.7 Å². The molecule has 1 aromatic heterocycles. The van der Waals surface area contributed by atoms with Crippen molar-refractivity contribution in [3.63, 3.8) is 0 Å². The van der Waals surface area contributed by atoms with Crippen LogP contribution in [0.3, 0.4) is 0 Å². The van der Waals surface area contributed by atoms with Crippen LogP contribution in [0.15, 0.2) is 25.6 Å². The van der Waals surface area contributed by atoms with Gasteiger partial charge in [-0.05, 0) is 57.8 Å². The minimum Gasteiger partial charge on any atom is -0.496 e. The largest absolute Gasteiger partial charge is 0.496 e. The van der Waals surface area contributed by atoms with E-state index in [0.29, 0.717) is 23.2 Å². The summed E-state index contributed by atoms with van der Waals surface area (Å²) in [6.45, 7) is 3.76. The Balaban J connectivity index is 2.10. The molecule has 2 N–H and O–H groups in total. The smallest absolute Gasteiger partial charge is 0.264 e. The van der Waals surface area contributed by atoms with E-state index in [1.54, 1.807) is 27.0 Å². The summed E-state index contributed by atoms with van der Waals surface area (Å²) < 4.78 is 17.5. The maximum Gasteiger partial charge on any atom is 0.264 e. The second kappa shape index (κ2) is 6.33. The van der Waals surface area contributed by atoms with Gasteiger partial charge in [0, 0.05) is 0 Å². The molecule has 6 nitrogen and oxygen atoms in total. The van der Waals surface area contributed by atoms with E-state index in [4.69, 9.17) is 19.7 Å². The average Bonchev–Trinajstić information content (AvgIpc) is 2.88. The van der Waals surface area contributed by atoms with Crippen molar-refractivity contribution in [2.75, 3.05) is 7.11 Å². The highest BCUT2D eigenvalue weighted by Crippen LogP contribution is 2.36. The van der Waals surface area contributed by atoms with Crippen molar-refractivity contribution < 1.29 is 14.0 Å². The molecule has 0 spiro atoms. The van der Waals surface area contributed by atoms with Crippen LogP contribution < -0.4 is 15.2 Å². The molecule has 2 aromatic rings.